The molecule has 0 fully saturated rings. The van der Waals surface area contributed by atoms with E-state index >= 15 is 0 Å². The van der Waals surface area contributed by atoms with Gasteiger partial charge in [-0.2, -0.15) is 0 Å². The first-order chi connectivity index (χ1) is 10.0. The van der Waals surface area contributed by atoms with Crippen LogP contribution in [0.1, 0.15) is 12.0 Å². The number of nitrogens with zero attached hydrogens (tertiary/aromatic N) is 2. The zero-order valence-corrected chi connectivity index (χ0v) is 13.9. The van der Waals surface area contributed by atoms with Gasteiger partial charge in [-0.15, -0.1) is 11.3 Å². The van der Waals surface area contributed by atoms with Crippen molar-refractivity contribution in [3.05, 3.63) is 45.7 Å². The molecule has 1 aromatic heterocycles. The van der Waals surface area contributed by atoms with Gasteiger partial charge in [0.2, 0.25) is 0 Å². The standard InChI is InChI=1S/C13H11BrN2O3S2/c14-12-5-6-13(20-12)21(18,19)16-8-7-10(15-17)9-3-1-2-4-11(9)16/h1-6,17H,7-8H2. The van der Waals surface area contributed by atoms with Crippen LogP contribution in [-0.4, -0.2) is 25.9 Å². The quantitative estimate of drug-likeness (QED) is 0.635. The zero-order chi connectivity index (χ0) is 15.0. The molecule has 1 aliphatic rings. The fraction of sp³-hybridized carbons (Fsp3) is 0.154. The number of anilines is 1. The summed E-state index contributed by atoms with van der Waals surface area (Å²) in [7, 11) is -3.60. The molecule has 0 spiro atoms. The Balaban J connectivity index is 2.12. The lowest BCUT2D eigenvalue weighted by atomic mass is 10.0. The predicted octanol–water partition coefficient (Wildman–Crippen LogP) is 3.29. The van der Waals surface area contributed by atoms with Crippen LogP contribution >= 0.6 is 27.3 Å². The molecule has 0 saturated carbocycles. The van der Waals surface area contributed by atoms with Crippen molar-refractivity contribution in [3.63, 3.8) is 0 Å². The summed E-state index contributed by atoms with van der Waals surface area (Å²) in [6.45, 7) is 0.258. The number of sulfonamides is 1. The Labute approximate surface area is 134 Å². The van der Waals surface area contributed by atoms with Crippen LogP contribution < -0.4 is 4.31 Å². The molecule has 0 amide bonds. The molecule has 0 atom stereocenters. The molecular weight excluding hydrogens is 376 g/mol. The van der Waals surface area contributed by atoms with Crippen LogP contribution in [0.5, 0.6) is 0 Å². The zero-order valence-electron chi connectivity index (χ0n) is 10.7. The molecule has 0 bridgehead atoms. The second-order valence-corrected chi connectivity index (χ2v) is 9.00. The minimum atomic E-state index is -3.60. The highest BCUT2D eigenvalue weighted by atomic mass is 79.9. The third-order valence-corrected chi connectivity index (χ3v) is 7.15. The van der Waals surface area contributed by atoms with E-state index in [2.05, 4.69) is 21.1 Å². The molecule has 0 aliphatic carbocycles. The van der Waals surface area contributed by atoms with Crippen LogP contribution in [-0.2, 0) is 10.0 Å². The number of rotatable bonds is 2. The van der Waals surface area contributed by atoms with E-state index in [1.807, 2.05) is 0 Å². The minimum absolute atomic E-state index is 0.258. The second kappa shape index (κ2) is 5.43. The van der Waals surface area contributed by atoms with Crippen molar-refractivity contribution in [2.45, 2.75) is 10.6 Å². The summed E-state index contributed by atoms with van der Waals surface area (Å²) in [6, 6.07) is 10.3. The van der Waals surface area contributed by atoms with Crippen molar-refractivity contribution in [2.24, 2.45) is 5.16 Å². The Morgan fingerprint density at radius 2 is 2.00 bits per heavy atom. The molecular formula is C13H11BrN2O3S2. The molecule has 2 heterocycles. The minimum Gasteiger partial charge on any atom is -0.411 e. The number of hydrogen-bond donors (Lipinski definition) is 1. The highest BCUT2D eigenvalue weighted by Gasteiger charge is 2.32. The fourth-order valence-corrected chi connectivity index (χ4v) is 5.90. The van der Waals surface area contributed by atoms with Gasteiger partial charge in [-0.3, -0.25) is 4.31 Å². The summed E-state index contributed by atoms with van der Waals surface area (Å²) < 4.78 is 28.0. The van der Waals surface area contributed by atoms with E-state index < -0.39 is 10.0 Å². The van der Waals surface area contributed by atoms with E-state index in [0.717, 1.165) is 3.79 Å². The SMILES string of the molecule is O=S(=O)(c1ccc(Br)s1)N1CCC(=NO)c2ccccc21. The van der Waals surface area contributed by atoms with Crippen LogP contribution in [0.2, 0.25) is 0 Å². The van der Waals surface area contributed by atoms with Crippen molar-refractivity contribution in [1.29, 1.82) is 0 Å². The Kier molecular flexibility index (Phi) is 3.76. The molecule has 0 radical (unpaired) electrons. The van der Waals surface area contributed by atoms with E-state index in [9.17, 15) is 8.42 Å². The summed E-state index contributed by atoms with van der Waals surface area (Å²) in [5, 5.41) is 12.3. The number of oxime groups is 1. The van der Waals surface area contributed by atoms with Gasteiger partial charge in [-0.1, -0.05) is 23.4 Å². The average Bonchev–Trinajstić information content (AvgIpc) is 2.93. The first kappa shape index (κ1) is 14.6. The second-order valence-electron chi connectivity index (χ2n) is 4.45. The number of para-hydroxylation sites is 1. The Morgan fingerprint density at radius 3 is 2.67 bits per heavy atom. The fourth-order valence-electron chi connectivity index (χ4n) is 2.30. The molecule has 21 heavy (non-hydrogen) atoms. The summed E-state index contributed by atoms with van der Waals surface area (Å²) in [5.74, 6) is 0. The van der Waals surface area contributed by atoms with Gasteiger partial charge >= 0.3 is 0 Å². The third kappa shape index (κ3) is 2.47. The first-order valence-corrected chi connectivity index (χ1v) is 9.17. The summed E-state index contributed by atoms with van der Waals surface area (Å²) in [4.78, 5) is 0. The monoisotopic (exact) mass is 386 g/mol. The molecule has 0 unspecified atom stereocenters. The summed E-state index contributed by atoms with van der Waals surface area (Å²) in [5.41, 5.74) is 1.69. The maximum absolute atomic E-state index is 12.8. The van der Waals surface area contributed by atoms with E-state index in [1.54, 1.807) is 36.4 Å². The largest absolute Gasteiger partial charge is 0.411 e. The lowest BCUT2D eigenvalue weighted by Gasteiger charge is -2.30. The van der Waals surface area contributed by atoms with Crippen molar-refractivity contribution in [2.75, 3.05) is 10.8 Å². The van der Waals surface area contributed by atoms with Crippen LogP contribution in [0.4, 0.5) is 5.69 Å². The average molecular weight is 387 g/mol. The maximum Gasteiger partial charge on any atom is 0.273 e. The van der Waals surface area contributed by atoms with Crippen molar-refractivity contribution in [3.8, 4) is 0 Å². The third-order valence-electron chi connectivity index (χ3n) is 3.25. The maximum atomic E-state index is 12.8. The van der Waals surface area contributed by atoms with Crippen molar-refractivity contribution < 1.29 is 13.6 Å². The van der Waals surface area contributed by atoms with Gasteiger partial charge in [0, 0.05) is 18.5 Å². The lowest BCUT2D eigenvalue weighted by Crippen LogP contribution is -2.37. The van der Waals surface area contributed by atoms with E-state index in [0.29, 0.717) is 23.4 Å². The van der Waals surface area contributed by atoms with Crippen LogP contribution in [0, 0.1) is 0 Å². The number of halogens is 1. The van der Waals surface area contributed by atoms with E-state index in [4.69, 9.17) is 5.21 Å². The van der Waals surface area contributed by atoms with E-state index in [-0.39, 0.29) is 10.8 Å². The number of thiophene rings is 1. The Hall–Kier alpha value is -1.38. The Bertz CT molecular complexity index is 814. The van der Waals surface area contributed by atoms with Gasteiger partial charge in [0.25, 0.3) is 10.0 Å². The van der Waals surface area contributed by atoms with Gasteiger partial charge < -0.3 is 5.21 Å². The summed E-state index contributed by atoms with van der Waals surface area (Å²) >= 11 is 4.46. The topological polar surface area (TPSA) is 70.0 Å². The van der Waals surface area contributed by atoms with Crippen molar-refractivity contribution in [1.82, 2.24) is 0 Å². The van der Waals surface area contributed by atoms with E-state index in [1.165, 1.54) is 15.6 Å². The molecule has 110 valence electrons. The van der Waals surface area contributed by atoms with Gasteiger partial charge in [0.05, 0.1) is 15.2 Å². The molecule has 5 nitrogen and oxygen atoms in total. The van der Waals surface area contributed by atoms with Gasteiger partial charge in [-0.05, 0) is 34.1 Å². The predicted molar refractivity (Wildman–Crippen MR) is 85.9 cm³/mol. The van der Waals surface area contributed by atoms with Crippen LogP contribution in [0.15, 0.2) is 49.5 Å². The highest BCUT2D eigenvalue weighted by molar-refractivity contribution is 9.11. The molecule has 2 aromatic rings. The van der Waals surface area contributed by atoms with Crippen LogP contribution in [0.25, 0.3) is 0 Å². The molecule has 1 N–H and O–H groups in total. The van der Waals surface area contributed by atoms with Crippen LogP contribution in [0.3, 0.4) is 0 Å². The van der Waals surface area contributed by atoms with Gasteiger partial charge in [0.15, 0.2) is 0 Å². The number of fused-ring (bicyclic) bond motifs is 1. The molecule has 8 heteroatoms. The Morgan fingerprint density at radius 1 is 1.24 bits per heavy atom. The molecule has 1 aliphatic heterocycles. The molecule has 1 aromatic carbocycles. The molecule has 0 saturated heterocycles. The lowest BCUT2D eigenvalue weighted by molar-refractivity contribution is 0.318. The number of benzene rings is 1. The number of hydrogen-bond acceptors (Lipinski definition) is 5. The first-order valence-electron chi connectivity index (χ1n) is 6.12. The van der Waals surface area contributed by atoms with Crippen molar-refractivity contribution >= 4 is 48.7 Å². The molecule has 3 rings (SSSR count). The van der Waals surface area contributed by atoms with Gasteiger partial charge in [-0.25, -0.2) is 8.42 Å². The summed E-state index contributed by atoms with van der Waals surface area (Å²) in [6.07, 6.45) is 0.374. The smallest absolute Gasteiger partial charge is 0.273 e. The highest BCUT2D eigenvalue weighted by Crippen LogP contribution is 2.35. The van der Waals surface area contributed by atoms with Gasteiger partial charge in [0.1, 0.15) is 4.21 Å². The normalized spacial score (nSPS) is 17.0.